The largest absolute Gasteiger partial charge is 0.472 e. The molecule has 0 aliphatic carbocycles. The SMILES string of the molecule is CCCCCCCCCCCCCCCCCCCCCCCCCCCOCC(COP(=O)(O)OCCN)OC(=O)CCC. The number of unbranched alkanes of at least 4 members (excludes halogenated alkanes) is 24. The van der Waals surface area contributed by atoms with E-state index in [9.17, 15) is 14.3 Å². The summed E-state index contributed by atoms with van der Waals surface area (Å²) in [7, 11) is -4.23. The van der Waals surface area contributed by atoms with Gasteiger partial charge in [-0.2, -0.15) is 0 Å². The monoisotopic (exact) mass is 664 g/mol. The minimum atomic E-state index is -4.23. The Hall–Kier alpha value is -0.500. The highest BCUT2D eigenvalue weighted by molar-refractivity contribution is 7.47. The van der Waals surface area contributed by atoms with Crippen LogP contribution in [-0.4, -0.2) is 49.9 Å². The molecule has 8 nitrogen and oxygen atoms in total. The van der Waals surface area contributed by atoms with Crippen LogP contribution >= 0.6 is 7.82 Å². The average Bonchev–Trinajstić information content (AvgIpc) is 3.02. The molecule has 0 saturated carbocycles. The summed E-state index contributed by atoms with van der Waals surface area (Å²) in [6.45, 7) is 4.59. The van der Waals surface area contributed by atoms with Crippen LogP contribution in [0.15, 0.2) is 0 Å². The second-order valence-corrected chi connectivity index (χ2v) is 14.3. The van der Waals surface area contributed by atoms with Crippen molar-refractivity contribution in [2.45, 2.75) is 193 Å². The van der Waals surface area contributed by atoms with Crippen LogP contribution in [0, 0.1) is 0 Å². The maximum Gasteiger partial charge on any atom is 0.472 e. The third-order valence-corrected chi connectivity index (χ3v) is 9.23. The molecule has 0 aliphatic heterocycles. The smallest absolute Gasteiger partial charge is 0.457 e. The Labute approximate surface area is 278 Å². The Morgan fingerprint density at radius 3 is 1.36 bits per heavy atom. The third-order valence-electron chi connectivity index (χ3n) is 8.24. The van der Waals surface area contributed by atoms with Crippen molar-refractivity contribution in [3.8, 4) is 0 Å². The van der Waals surface area contributed by atoms with Crippen LogP contribution in [0.3, 0.4) is 0 Å². The van der Waals surface area contributed by atoms with E-state index in [0.717, 1.165) is 12.8 Å². The van der Waals surface area contributed by atoms with Crippen LogP contribution in [0.2, 0.25) is 0 Å². The molecule has 0 aromatic heterocycles. The van der Waals surface area contributed by atoms with E-state index >= 15 is 0 Å². The quantitative estimate of drug-likeness (QED) is 0.0383. The summed E-state index contributed by atoms with van der Waals surface area (Å²) in [5.41, 5.74) is 5.29. The van der Waals surface area contributed by atoms with Gasteiger partial charge in [-0.25, -0.2) is 4.57 Å². The molecule has 0 aromatic carbocycles. The zero-order chi connectivity index (χ0) is 33.1. The van der Waals surface area contributed by atoms with Crippen molar-refractivity contribution >= 4 is 13.8 Å². The van der Waals surface area contributed by atoms with E-state index in [-0.39, 0.29) is 38.8 Å². The van der Waals surface area contributed by atoms with Gasteiger partial charge in [0.25, 0.3) is 0 Å². The van der Waals surface area contributed by atoms with Crippen LogP contribution in [0.1, 0.15) is 187 Å². The van der Waals surface area contributed by atoms with Gasteiger partial charge >= 0.3 is 13.8 Å². The van der Waals surface area contributed by atoms with Crippen LogP contribution < -0.4 is 5.73 Å². The van der Waals surface area contributed by atoms with E-state index in [0.29, 0.717) is 13.0 Å². The Balaban J connectivity index is 3.51. The van der Waals surface area contributed by atoms with E-state index in [2.05, 4.69) is 6.92 Å². The highest BCUT2D eigenvalue weighted by Gasteiger charge is 2.25. The molecule has 3 N–H and O–H groups in total. The van der Waals surface area contributed by atoms with Crippen molar-refractivity contribution in [3.63, 3.8) is 0 Å². The van der Waals surface area contributed by atoms with Gasteiger partial charge in [-0.3, -0.25) is 13.8 Å². The molecule has 0 aromatic rings. The molecule has 270 valence electrons. The lowest BCUT2D eigenvalue weighted by atomic mass is 10.0. The molecule has 9 heteroatoms. The summed E-state index contributed by atoms with van der Waals surface area (Å²) in [6, 6.07) is 0. The zero-order valence-electron chi connectivity index (χ0n) is 29.6. The fraction of sp³-hybridized carbons (Fsp3) is 0.972. The number of rotatable bonds is 37. The highest BCUT2D eigenvalue weighted by Crippen LogP contribution is 2.43. The number of nitrogens with two attached hydrogens (primary N) is 1. The Morgan fingerprint density at radius 2 is 0.978 bits per heavy atom. The first-order valence-corrected chi connectivity index (χ1v) is 20.5. The maximum absolute atomic E-state index is 11.9. The topological polar surface area (TPSA) is 117 Å². The van der Waals surface area contributed by atoms with E-state index in [1.165, 1.54) is 148 Å². The number of carbonyl (C=O) groups excluding carboxylic acids is 1. The van der Waals surface area contributed by atoms with Crippen LogP contribution in [-0.2, 0) is 27.9 Å². The number of phosphoric acid groups is 1. The number of ether oxygens (including phenoxy) is 2. The first-order chi connectivity index (χ1) is 21.9. The minimum absolute atomic E-state index is 0.0931. The van der Waals surface area contributed by atoms with E-state index in [1.54, 1.807) is 0 Å². The molecule has 0 aliphatic rings. The molecule has 0 radical (unpaired) electrons. The Kier molecular flexibility index (Phi) is 34.4. The Bertz CT molecular complexity index is 667. The molecule has 0 amide bonds. The van der Waals surface area contributed by atoms with Crippen molar-refractivity contribution < 1.29 is 32.8 Å². The van der Waals surface area contributed by atoms with Crippen molar-refractivity contribution in [3.05, 3.63) is 0 Å². The number of esters is 1. The molecule has 2 atom stereocenters. The lowest BCUT2D eigenvalue weighted by Gasteiger charge is -2.19. The predicted octanol–water partition coefficient (Wildman–Crippen LogP) is 10.6. The normalized spacial score (nSPS) is 13.6. The predicted molar refractivity (Wildman–Crippen MR) is 187 cm³/mol. The summed E-state index contributed by atoms with van der Waals surface area (Å²) in [5.74, 6) is -0.379. The Morgan fingerprint density at radius 1 is 0.578 bits per heavy atom. The number of hydrogen-bond acceptors (Lipinski definition) is 7. The molecular weight excluding hydrogens is 589 g/mol. The van der Waals surface area contributed by atoms with Gasteiger partial charge in [-0.1, -0.05) is 168 Å². The van der Waals surface area contributed by atoms with Crippen LogP contribution in [0.5, 0.6) is 0 Å². The van der Waals surface area contributed by atoms with Gasteiger partial charge in [-0.15, -0.1) is 0 Å². The van der Waals surface area contributed by atoms with Gasteiger partial charge in [0.05, 0.1) is 19.8 Å². The second-order valence-electron chi connectivity index (χ2n) is 12.8. The van der Waals surface area contributed by atoms with E-state index in [4.69, 9.17) is 24.3 Å². The van der Waals surface area contributed by atoms with Crippen molar-refractivity contribution in [2.24, 2.45) is 5.73 Å². The summed E-state index contributed by atoms with van der Waals surface area (Å²) in [4.78, 5) is 21.6. The summed E-state index contributed by atoms with van der Waals surface area (Å²) in [6.07, 6.45) is 34.4. The molecule has 0 spiro atoms. The molecule has 0 saturated heterocycles. The first kappa shape index (κ1) is 44.5. The standard InChI is InChI=1S/C36H74NO7P/c1-3-5-6-7-8-9-10-11-12-13-14-15-16-17-18-19-20-21-22-23-24-25-26-27-28-31-41-33-35(44-36(38)29-4-2)34-43-45(39,40)42-32-30-37/h35H,3-34,37H2,1-2H3,(H,39,40). The molecule has 0 fully saturated rings. The number of phosphoric ester groups is 1. The first-order valence-electron chi connectivity index (χ1n) is 19.0. The van der Waals surface area contributed by atoms with Crippen LogP contribution in [0.25, 0.3) is 0 Å². The van der Waals surface area contributed by atoms with Gasteiger partial charge in [0.1, 0.15) is 6.10 Å². The second kappa shape index (κ2) is 34.8. The summed E-state index contributed by atoms with van der Waals surface area (Å²) in [5, 5.41) is 0. The van der Waals surface area contributed by atoms with Gasteiger partial charge < -0.3 is 20.1 Å². The van der Waals surface area contributed by atoms with E-state index in [1.807, 2.05) is 6.92 Å². The van der Waals surface area contributed by atoms with Crippen LogP contribution in [0.4, 0.5) is 0 Å². The summed E-state index contributed by atoms with van der Waals surface area (Å²) < 4.78 is 32.6. The van der Waals surface area contributed by atoms with Gasteiger partial charge in [0.2, 0.25) is 0 Å². The van der Waals surface area contributed by atoms with Crippen molar-refractivity contribution in [2.75, 3.05) is 33.0 Å². The average molecular weight is 664 g/mol. The third kappa shape index (κ3) is 34.6. The molecule has 0 heterocycles. The molecule has 0 rings (SSSR count). The fourth-order valence-electron chi connectivity index (χ4n) is 5.51. The van der Waals surface area contributed by atoms with Gasteiger partial charge in [0, 0.05) is 19.6 Å². The molecule has 0 bridgehead atoms. The summed E-state index contributed by atoms with van der Waals surface area (Å²) >= 11 is 0. The zero-order valence-corrected chi connectivity index (χ0v) is 30.5. The number of hydrogen-bond donors (Lipinski definition) is 2. The molecule has 45 heavy (non-hydrogen) atoms. The van der Waals surface area contributed by atoms with E-state index < -0.39 is 13.9 Å². The lowest BCUT2D eigenvalue weighted by Crippen LogP contribution is -2.28. The number of carbonyl (C=O) groups is 1. The minimum Gasteiger partial charge on any atom is -0.457 e. The van der Waals surface area contributed by atoms with Gasteiger partial charge in [0.15, 0.2) is 0 Å². The fourth-order valence-corrected chi connectivity index (χ4v) is 6.27. The van der Waals surface area contributed by atoms with Gasteiger partial charge in [-0.05, 0) is 12.8 Å². The van der Waals surface area contributed by atoms with Crippen molar-refractivity contribution in [1.82, 2.24) is 0 Å². The molecule has 2 unspecified atom stereocenters. The maximum atomic E-state index is 11.9. The molecular formula is C36H74NO7P. The van der Waals surface area contributed by atoms with Crippen molar-refractivity contribution in [1.29, 1.82) is 0 Å². The lowest BCUT2D eigenvalue weighted by molar-refractivity contribution is -0.154. The highest BCUT2D eigenvalue weighted by atomic mass is 31.2.